The van der Waals surface area contributed by atoms with E-state index in [1.54, 1.807) is 6.92 Å². The summed E-state index contributed by atoms with van der Waals surface area (Å²) < 4.78 is 19.2. The molecular formula is C17H19O3P. The molecule has 1 aliphatic rings. The van der Waals surface area contributed by atoms with Crippen LogP contribution in [0.25, 0.3) is 0 Å². The second kappa shape index (κ2) is 5.76. The molecule has 0 amide bonds. The fourth-order valence-electron chi connectivity index (χ4n) is 2.68. The van der Waals surface area contributed by atoms with Crippen molar-refractivity contribution in [2.45, 2.75) is 25.2 Å². The first-order valence-corrected chi connectivity index (χ1v) is 9.04. The van der Waals surface area contributed by atoms with Gasteiger partial charge in [-0.05, 0) is 6.92 Å². The highest BCUT2D eigenvalue weighted by molar-refractivity contribution is 7.78. The Morgan fingerprint density at radius 2 is 1.52 bits per heavy atom. The molecule has 1 saturated heterocycles. The Morgan fingerprint density at radius 3 is 1.90 bits per heavy atom. The summed E-state index contributed by atoms with van der Waals surface area (Å²) in [6.45, 7) is 1.71. The molecule has 1 heterocycles. The van der Waals surface area contributed by atoms with Gasteiger partial charge < -0.3 is 14.4 Å². The van der Waals surface area contributed by atoms with Gasteiger partial charge in [-0.25, -0.2) is 0 Å². The van der Waals surface area contributed by atoms with E-state index in [2.05, 4.69) is 0 Å². The largest absolute Gasteiger partial charge is 0.391 e. The van der Waals surface area contributed by atoms with Crippen LogP contribution in [0.4, 0.5) is 0 Å². The highest BCUT2D eigenvalue weighted by Gasteiger charge is 2.47. The molecule has 0 aliphatic carbocycles. The first-order valence-electron chi connectivity index (χ1n) is 7.15. The summed E-state index contributed by atoms with van der Waals surface area (Å²) in [7, 11) is -2.73. The van der Waals surface area contributed by atoms with Gasteiger partial charge in [-0.1, -0.05) is 60.7 Å². The lowest BCUT2D eigenvalue weighted by atomic mass is 10.2. The molecule has 0 spiro atoms. The maximum absolute atomic E-state index is 13.7. The van der Waals surface area contributed by atoms with Crippen LogP contribution >= 0.6 is 7.14 Å². The van der Waals surface area contributed by atoms with Gasteiger partial charge in [0, 0.05) is 16.8 Å². The van der Waals surface area contributed by atoms with Crippen LogP contribution in [0.5, 0.6) is 0 Å². The molecule has 21 heavy (non-hydrogen) atoms. The maximum atomic E-state index is 13.7. The molecule has 2 aromatic carbocycles. The van der Waals surface area contributed by atoms with E-state index < -0.39 is 13.2 Å². The zero-order valence-electron chi connectivity index (χ0n) is 11.9. The third kappa shape index (κ3) is 2.96. The molecule has 3 nitrogen and oxygen atoms in total. The number of hydrogen-bond donors (Lipinski definition) is 1. The fraction of sp³-hybridized carbons (Fsp3) is 0.294. The quantitative estimate of drug-likeness (QED) is 0.680. The Balaban J connectivity index is 1.95. The predicted octanol–water partition coefficient (Wildman–Crippen LogP) is 2.15. The summed E-state index contributed by atoms with van der Waals surface area (Å²) >= 11 is 0. The Hall–Kier alpha value is -1.41. The van der Waals surface area contributed by atoms with Crippen molar-refractivity contribution >= 4 is 17.8 Å². The number of ether oxygens (including phenoxy) is 1. The molecule has 0 radical (unpaired) electrons. The lowest BCUT2D eigenvalue weighted by Crippen LogP contribution is -2.23. The van der Waals surface area contributed by atoms with E-state index in [0.29, 0.717) is 6.16 Å². The van der Waals surface area contributed by atoms with Crippen molar-refractivity contribution in [2.24, 2.45) is 0 Å². The Kier molecular flexibility index (Phi) is 3.99. The van der Waals surface area contributed by atoms with Crippen LogP contribution in [0.1, 0.15) is 6.92 Å². The molecule has 3 rings (SSSR count). The number of hydrogen-bond acceptors (Lipinski definition) is 3. The van der Waals surface area contributed by atoms with Crippen molar-refractivity contribution in [1.29, 1.82) is 0 Å². The molecule has 1 N–H and O–H groups in total. The Bertz CT molecular complexity index is 596. The van der Waals surface area contributed by atoms with E-state index in [0.717, 1.165) is 10.6 Å². The number of epoxide rings is 1. The fourth-order valence-corrected chi connectivity index (χ4v) is 5.51. The van der Waals surface area contributed by atoms with E-state index in [4.69, 9.17) is 4.74 Å². The first kappa shape index (κ1) is 14.5. The van der Waals surface area contributed by atoms with Gasteiger partial charge in [0.05, 0.1) is 12.2 Å². The van der Waals surface area contributed by atoms with Crippen LogP contribution in [-0.4, -0.2) is 29.6 Å². The van der Waals surface area contributed by atoms with Gasteiger partial charge in [-0.3, -0.25) is 0 Å². The zero-order chi connectivity index (χ0) is 14.9. The maximum Gasteiger partial charge on any atom is 0.145 e. The average Bonchev–Trinajstić information content (AvgIpc) is 3.28. The van der Waals surface area contributed by atoms with Gasteiger partial charge in [-0.2, -0.15) is 0 Å². The molecule has 0 aromatic heterocycles. The average molecular weight is 302 g/mol. The molecule has 0 unspecified atom stereocenters. The van der Waals surface area contributed by atoms with Crippen molar-refractivity contribution < 1.29 is 14.4 Å². The standard InChI is InChI=1S/C17H19O3P/c1-13(18)17-16(20-17)12-21(19,14-8-4-2-5-9-14)15-10-6-3-7-11-15/h2-11,13,16-18H,12H2,1H3/t13-,16+,17+/m0/s1. The molecule has 3 atom stereocenters. The lowest BCUT2D eigenvalue weighted by Gasteiger charge is -2.18. The zero-order valence-corrected chi connectivity index (χ0v) is 12.8. The van der Waals surface area contributed by atoms with Crippen LogP contribution in [0, 0.1) is 0 Å². The van der Waals surface area contributed by atoms with E-state index in [-0.39, 0.29) is 12.2 Å². The molecule has 1 fully saturated rings. The normalized spacial score (nSPS) is 22.8. The third-order valence-corrected chi connectivity index (χ3v) is 7.02. The van der Waals surface area contributed by atoms with Gasteiger partial charge in [-0.15, -0.1) is 0 Å². The minimum atomic E-state index is -2.73. The van der Waals surface area contributed by atoms with Crippen LogP contribution in [0.15, 0.2) is 60.7 Å². The minimum Gasteiger partial charge on any atom is -0.391 e. The summed E-state index contributed by atoms with van der Waals surface area (Å²) in [6, 6.07) is 19.1. The Labute approximate surface area is 125 Å². The highest BCUT2D eigenvalue weighted by Crippen LogP contribution is 2.48. The topological polar surface area (TPSA) is 49.8 Å². The number of aliphatic hydroxyl groups excluding tert-OH is 1. The van der Waals surface area contributed by atoms with Crippen molar-refractivity contribution in [1.82, 2.24) is 0 Å². The number of rotatable bonds is 5. The van der Waals surface area contributed by atoms with Crippen LogP contribution < -0.4 is 10.6 Å². The summed E-state index contributed by atoms with van der Waals surface area (Å²) in [5.41, 5.74) is 0. The van der Waals surface area contributed by atoms with Gasteiger partial charge in [0.1, 0.15) is 13.2 Å². The van der Waals surface area contributed by atoms with Crippen molar-refractivity contribution in [3.05, 3.63) is 60.7 Å². The summed E-state index contributed by atoms with van der Waals surface area (Å²) in [6.07, 6.45) is -0.395. The molecule has 2 aromatic rings. The van der Waals surface area contributed by atoms with Gasteiger partial charge in [0.15, 0.2) is 0 Å². The number of benzene rings is 2. The van der Waals surface area contributed by atoms with Crippen LogP contribution in [-0.2, 0) is 9.30 Å². The minimum absolute atomic E-state index is 0.128. The van der Waals surface area contributed by atoms with Gasteiger partial charge in [0.25, 0.3) is 0 Å². The molecule has 4 heteroatoms. The van der Waals surface area contributed by atoms with E-state index in [9.17, 15) is 9.67 Å². The Morgan fingerprint density at radius 1 is 1.05 bits per heavy atom. The molecule has 1 aliphatic heterocycles. The van der Waals surface area contributed by atoms with Crippen LogP contribution in [0.2, 0.25) is 0 Å². The van der Waals surface area contributed by atoms with Crippen molar-refractivity contribution in [3.63, 3.8) is 0 Å². The van der Waals surface area contributed by atoms with Crippen molar-refractivity contribution in [2.75, 3.05) is 6.16 Å². The third-order valence-electron chi connectivity index (χ3n) is 3.88. The monoisotopic (exact) mass is 302 g/mol. The van der Waals surface area contributed by atoms with E-state index in [1.165, 1.54) is 0 Å². The number of aliphatic hydroxyl groups is 1. The molecule has 0 saturated carbocycles. The van der Waals surface area contributed by atoms with Crippen molar-refractivity contribution in [3.8, 4) is 0 Å². The summed E-state index contributed by atoms with van der Waals surface area (Å²) in [5, 5.41) is 11.3. The summed E-state index contributed by atoms with van der Waals surface area (Å²) in [4.78, 5) is 0. The van der Waals surface area contributed by atoms with Crippen LogP contribution in [0.3, 0.4) is 0 Å². The van der Waals surface area contributed by atoms with E-state index >= 15 is 0 Å². The second-order valence-corrected chi connectivity index (χ2v) is 8.35. The molecule has 110 valence electrons. The van der Waals surface area contributed by atoms with E-state index in [1.807, 2.05) is 60.7 Å². The predicted molar refractivity (Wildman–Crippen MR) is 85.0 cm³/mol. The molecular weight excluding hydrogens is 283 g/mol. The SMILES string of the molecule is C[C@H](O)[C@H]1O[C@@H]1CP(=O)(c1ccccc1)c1ccccc1. The highest BCUT2D eigenvalue weighted by atomic mass is 31.2. The van der Waals surface area contributed by atoms with Gasteiger partial charge >= 0.3 is 0 Å². The summed E-state index contributed by atoms with van der Waals surface area (Å²) in [5.74, 6) is 0. The first-order chi connectivity index (χ1) is 10.1. The second-order valence-electron chi connectivity index (χ2n) is 5.47. The lowest BCUT2D eigenvalue weighted by molar-refractivity contribution is 0.152. The van der Waals surface area contributed by atoms with Gasteiger partial charge in [0.2, 0.25) is 0 Å². The molecule has 0 bridgehead atoms. The smallest absolute Gasteiger partial charge is 0.145 e.